The largest absolute Gasteiger partial charge is 0.370 e. The maximum atomic E-state index is 11.8. The van der Waals surface area contributed by atoms with Crippen LogP contribution in [0, 0.1) is 5.92 Å². The minimum atomic E-state index is 0.144. The standard InChI is InChI=1S/C13H18O2/c14-11-5-3-7-13-10(11)8-9-4-1-2-6-12(9)15-13/h8-9,12-13H,1-7H2. The molecule has 0 radical (unpaired) electrons. The molecule has 3 aliphatic rings. The summed E-state index contributed by atoms with van der Waals surface area (Å²) in [6, 6.07) is 0. The molecule has 0 spiro atoms. The second kappa shape index (κ2) is 3.75. The molecule has 2 nitrogen and oxygen atoms in total. The fraction of sp³-hybridized carbons (Fsp3) is 0.769. The van der Waals surface area contributed by atoms with Crippen molar-refractivity contribution in [2.24, 2.45) is 5.92 Å². The molecule has 0 aromatic carbocycles. The van der Waals surface area contributed by atoms with Crippen LogP contribution in [0.5, 0.6) is 0 Å². The number of fused-ring (bicyclic) bond motifs is 2. The van der Waals surface area contributed by atoms with Gasteiger partial charge in [-0.25, -0.2) is 0 Å². The summed E-state index contributed by atoms with van der Waals surface area (Å²) in [5, 5.41) is 0. The van der Waals surface area contributed by atoms with Crippen LogP contribution < -0.4 is 0 Å². The Hall–Kier alpha value is -0.630. The Bertz CT molecular complexity index is 306. The summed E-state index contributed by atoms with van der Waals surface area (Å²) in [5.74, 6) is 0.877. The number of hydrogen-bond acceptors (Lipinski definition) is 2. The predicted octanol–water partition coefficient (Wildman–Crippen LogP) is 2.62. The lowest BCUT2D eigenvalue weighted by Crippen LogP contribution is -2.40. The topological polar surface area (TPSA) is 26.3 Å². The van der Waals surface area contributed by atoms with Crippen LogP contribution in [0.15, 0.2) is 11.6 Å². The molecule has 1 heterocycles. The van der Waals surface area contributed by atoms with Gasteiger partial charge >= 0.3 is 0 Å². The molecule has 82 valence electrons. The zero-order chi connectivity index (χ0) is 10.3. The van der Waals surface area contributed by atoms with Gasteiger partial charge in [0.2, 0.25) is 0 Å². The lowest BCUT2D eigenvalue weighted by molar-refractivity contribution is -0.122. The van der Waals surface area contributed by atoms with Gasteiger partial charge in [-0.3, -0.25) is 4.79 Å². The first-order valence-corrected chi connectivity index (χ1v) is 6.25. The van der Waals surface area contributed by atoms with Crippen LogP contribution in [0.3, 0.4) is 0 Å². The fourth-order valence-corrected chi connectivity index (χ4v) is 3.20. The Balaban J connectivity index is 1.87. The molecule has 3 rings (SSSR count). The van der Waals surface area contributed by atoms with E-state index < -0.39 is 0 Å². The fourth-order valence-electron chi connectivity index (χ4n) is 3.20. The number of ketones is 1. The number of hydrogen-bond donors (Lipinski definition) is 0. The van der Waals surface area contributed by atoms with Crippen molar-refractivity contribution >= 4 is 5.78 Å². The highest BCUT2D eigenvalue weighted by Crippen LogP contribution is 2.38. The summed E-state index contributed by atoms with van der Waals surface area (Å²) >= 11 is 0. The van der Waals surface area contributed by atoms with E-state index in [1.165, 1.54) is 25.7 Å². The summed E-state index contributed by atoms with van der Waals surface area (Å²) in [6.45, 7) is 0. The van der Waals surface area contributed by atoms with E-state index in [2.05, 4.69) is 6.08 Å². The molecular formula is C13H18O2. The van der Waals surface area contributed by atoms with Gasteiger partial charge in [0.15, 0.2) is 5.78 Å². The maximum absolute atomic E-state index is 11.8. The van der Waals surface area contributed by atoms with E-state index in [9.17, 15) is 4.79 Å². The SMILES string of the molecule is O=C1CCCC2OC3CCCCC3C=C12. The van der Waals surface area contributed by atoms with E-state index in [0.29, 0.717) is 17.8 Å². The Labute approximate surface area is 90.7 Å². The van der Waals surface area contributed by atoms with Crippen LogP contribution in [0.1, 0.15) is 44.9 Å². The normalized spacial score (nSPS) is 40.4. The average Bonchev–Trinajstić information content (AvgIpc) is 2.27. The molecule has 15 heavy (non-hydrogen) atoms. The number of carbonyl (C=O) groups excluding carboxylic acids is 1. The van der Waals surface area contributed by atoms with Gasteiger partial charge in [0.05, 0.1) is 12.2 Å². The molecule has 0 aromatic rings. The van der Waals surface area contributed by atoms with E-state index in [-0.39, 0.29) is 6.10 Å². The second-order valence-corrected chi connectivity index (χ2v) is 5.05. The van der Waals surface area contributed by atoms with Crippen molar-refractivity contribution in [2.75, 3.05) is 0 Å². The number of Topliss-reactive ketones (excluding diaryl/α,β-unsaturated/α-hetero) is 1. The van der Waals surface area contributed by atoms with Crippen molar-refractivity contribution in [3.8, 4) is 0 Å². The summed E-state index contributed by atoms with van der Waals surface area (Å²) in [6.07, 6.45) is 10.6. The van der Waals surface area contributed by atoms with Crippen LogP contribution in [0.25, 0.3) is 0 Å². The van der Waals surface area contributed by atoms with Crippen LogP contribution in [-0.2, 0) is 9.53 Å². The summed E-state index contributed by atoms with van der Waals surface area (Å²) < 4.78 is 6.08. The Morgan fingerprint density at radius 2 is 2.00 bits per heavy atom. The molecule has 3 atom stereocenters. The highest BCUT2D eigenvalue weighted by Gasteiger charge is 2.37. The summed E-state index contributed by atoms with van der Waals surface area (Å²) in [4.78, 5) is 11.8. The monoisotopic (exact) mass is 206 g/mol. The van der Waals surface area contributed by atoms with Crippen molar-refractivity contribution in [3.63, 3.8) is 0 Å². The smallest absolute Gasteiger partial charge is 0.161 e. The predicted molar refractivity (Wildman–Crippen MR) is 57.6 cm³/mol. The molecule has 0 amide bonds. The van der Waals surface area contributed by atoms with Gasteiger partial charge in [-0.05, 0) is 25.7 Å². The second-order valence-electron chi connectivity index (χ2n) is 5.05. The van der Waals surface area contributed by atoms with Crippen LogP contribution in [-0.4, -0.2) is 18.0 Å². The Kier molecular flexibility index (Phi) is 2.39. The third kappa shape index (κ3) is 1.65. The van der Waals surface area contributed by atoms with Gasteiger partial charge in [0, 0.05) is 17.9 Å². The van der Waals surface area contributed by atoms with Crippen LogP contribution in [0.2, 0.25) is 0 Å². The third-order valence-corrected chi connectivity index (χ3v) is 4.03. The van der Waals surface area contributed by atoms with Crippen LogP contribution >= 0.6 is 0 Å². The first-order chi connectivity index (χ1) is 7.34. The van der Waals surface area contributed by atoms with E-state index in [1.807, 2.05) is 0 Å². The minimum absolute atomic E-state index is 0.144. The molecule has 0 bridgehead atoms. The molecule has 0 aromatic heterocycles. The number of ether oxygens (including phenoxy) is 1. The van der Waals surface area contributed by atoms with Crippen molar-refractivity contribution in [1.82, 2.24) is 0 Å². The van der Waals surface area contributed by atoms with Crippen molar-refractivity contribution in [3.05, 3.63) is 11.6 Å². The zero-order valence-corrected chi connectivity index (χ0v) is 9.08. The maximum Gasteiger partial charge on any atom is 0.161 e. The molecule has 0 saturated heterocycles. The van der Waals surface area contributed by atoms with E-state index in [4.69, 9.17) is 4.74 Å². The molecule has 0 N–H and O–H groups in total. The van der Waals surface area contributed by atoms with Gasteiger partial charge in [0.1, 0.15) is 0 Å². The van der Waals surface area contributed by atoms with Gasteiger partial charge in [-0.15, -0.1) is 0 Å². The lowest BCUT2D eigenvalue weighted by Gasteiger charge is -2.39. The molecular weight excluding hydrogens is 188 g/mol. The van der Waals surface area contributed by atoms with Gasteiger partial charge in [0.25, 0.3) is 0 Å². The quantitative estimate of drug-likeness (QED) is 0.609. The molecule has 1 aliphatic heterocycles. The molecule has 2 heteroatoms. The Morgan fingerprint density at radius 1 is 1.13 bits per heavy atom. The average molecular weight is 206 g/mol. The first-order valence-electron chi connectivity index (χ1n) is 6.25. The Morgan fingerprint density at radius 3 is 2.93 bits per heavy atom. The van der Waals surface area contributed by atoms with Gasteiger partial charge in [-0.2, -0.15) is 0 Å². The van der Waals surface area contributed by atoms with E-state index in [1.54, 1.807) is 0 Å². The molecule has 2 aliphatic carbocycles. The first kappa shape index (κ1) is 9.59. The molecule has 3 unspecified atom stereocenters. The highest BCUT2D eigenvalue weighted by atomic mass is 16.5. The zero-order valence-electron chi connectivity index (χ0n) is 9.08. The molecule has 2 saturated carbocycles. The lowest BCUT2D eigenvalue weighted by atomic mass is 9.79. The van der Waals surface area contributed by atoms with Gasteiger partial charge in [-0.1, -0.05) is 18.9 Å². The number of rotatable bonds is 0. The number of carbonyl (C=O) groups is 1. The molecule has 2 fully saturated rings. The van der Waals surface area contributed by atoms with E-state index in [0.717, 1.165) is 24.8 Å². The highest BCUT2D eigenvalue weighted by molar-refractivity contribution is 5.97. The summed E-state index contributed by atoms with van der Waals surface area (Å²) in [7, 11) is 0. The van der Waals surface area contributed by atoms with Crippen molar-refractivity contribution in [2.45, 2.75) is 57.2 Å². The van der Waals surface area contributed by atoms with Gasteiger partial charge < -0.3 is 4.74 Å². The summed E-state index contributed by atoms with van der Waals surface area (Å²) in [5.41, 5.74) is 1.00. The van der Waals surface area contributed by atoms with Crippen LogP contribution in [0.4, 0.5) is 0 Å². The minimum Gasteiger partial charge on any atom is -0.370 e. The van der Waals surface area contributed by atoms with E-state index >= 15 is 0 Å². The van der Waals surface area contributed by atoms with Crippen molar-refractivity contribution < 1.29 is 9.53 Å². The third-order valence-electron chi connectivity index (χ3n) is 4.03. The van der Waals surface area contributed by atoms with Crippen molar-refractivity contribution in [1.29, 1.82) is 0 Å².